The SMILES string of the molecule is Cc1nnc(-c2c3c(nn2C)[C@@]2(C)C/C(=C/O)C(=O)C(C)(C)[C@@H]2CC3)o1.Cc1nnc(-c2c3c(nn2C)[C@@]2(C)CCC(=O)C(C)(C)[C@@H]2CC3)o1.Cc1nnc(-c2c3c(nn2C)[C@@]2(C)CCC4(OCCO4)C(C)(C)[C@@H]2CC3)o1.Cc1nnc(-c2c3c(nn2C)[C@@]2(C)Cc4cnoc4C(C)(C)[C@@H]2CC3)o1.Cn1nc2c(c1-c1nn[nH]n1)CC[C@H]1C(C)(C)C3(CC[C@]21C)OCCO3. The number of H-pyrrole nitrogens is 1. The maximum atomic E-state index is 12.8. The molecule has 35 nitrogen and oxygen atoms in total. The number of aromatic nitrogens is 23. The molecule has 2 saturated heterocycles. The molecule has 0 bridgehead atoms. The monoisotopic (exact) mass is 1770 g/mol. The van der Waals surface area contributed by atoms with Crippen molar-refractivity contribution in [2.75, 3.05) is 26.4 Å². The highest BCUT2D eigenvalue weighted by atomic mass is 16.7. The number of allylic oxidation sites excluding steroid dienone is 1. The van der Waals surface area contributed by atoms with Crippen molar-refractivity contribution in [3.63, 3.8) is 0 Å². The van der Waals surface area contributed by atoms with Crippen LogP contribution in [0.1, 0.15) is 272 Å². The third-order valence-electron chi connectivity index (χ3n) is 33.9. The van der Waals surface area contributed by atoms with Gasteiger partial charge in [0.25, 0.3) is 23.6 Å². The summed E-state index contributed by atoms with van der Waals surface area (Å²) in [5, 5.41) is 85.7. The molecule has 0 radical (unpaired) electrons. The number of Topliss-reactive ketones (excluding diaryl/α,β-unsaturated/α-hetero) is 2. The first-order valence-electron chi connectivity index (χ1n) is 46.1. The summed E-state index contributed by atoms with van der Waals surface area (Å²) in [5.41, 5.74) is 16.5. The van der Waals surface area contributed by atoms with Crippen molar-refractivity contribution in [2.45, 2.75) is 291 Å². The van der Waals surface area contributed by atoms with Gasteiger partial charge in [0.15, 0.2) is 17.4 Å². The smallest absolute Gasteiger partial charge is 0.266 e. The fourth-order valence-corrected chi connectivity index (χ4v) is 27.9. The summed E-state index contributed by atoms with van der Waals surface area (Å²) in [6, 6.07) is 0. The van der Waals surface area contributed by atoms with E-state index in [4.69, 9.17) is 66.6 Å². The highest BCUT2D eigenvalue weighted by Crippen LogP contribution is 2.67. The molecule has 10 aliphatic carbocycles. The predicted octanol–water partition coefficient (Wildman–Crippen LogP) is 14.3. The Balaban J connectivity index is 0.000000105. The Morgan fingerprint density at radius 2 is 0.736 bits per heavy atom. The highest BCUT2D eigenvalue weighted by molar-refractivity contribution is 6.01. The first-order chi connectivity index (χ1) is 60.9. The first-order valence-corrected chi connectivity index (χ1v) is 46.1. The zero-order valence-corrected chi connectivity index (χ0v) is 79.4. The molecule has 11 aromatic heterocycles. The molecule has 10 atom stereocenters. The molecular weight excluding hydrogens is 1640 g/mol. The number of fused-ring (bicyclic) bond motifs is 16. The first kappa shape index (κ1) is 87.9. The molecule has 688 valence electrons. The molecule has 2 aliphatic heterocycles. The number of hydrogen-bond acceptors (Lipinski definition) is 29. The van der Waals surface area contributed by atoms with Crippen molar-refractivity contribution in [1.29, 1.82) is 0 Å². The summed E-state index contributed by atoms with van der Waals surface area (Å²) in [7, 11) is 9.73. The normalized spacial score (nSPS) is 29.3. The molecule has 2 N–H and O–H groups in total. The lowest BCUT2D eigenvalue weighted by Crippen LogP contribution is -2.61. The van der Waals surface area contributed by atoms with Crippen LogP contribution in [0.3, 0.4) is 0 Å². The zero-order chi connectivity index (χ0) is 91.6. The van der Waals surface area contributed by atoms with Crippen LogP contribution in [0, 0.1) is 78.9 Å². The summed E-state index contributed by atoms with van der Waals surface area (Å²) in [6.07, 6.45) is 19.3. The van der Waals surface area contributed by atoms with Gasteiger partial charge in [0.1, 0.15) is 40.0 Å². The van der Waals surface area contributed by atoms with Gasteiger partial charge >= 0.3 is 0 Å². The van der Waals surface area contributed by atoms with Crippen LogP contribution in [0.2, 0.25) is 0 Å². The highest BCUT2D eigenvalue weighted by Gasteiger charge is 2.67. The fourth-order valence-electron chi connectivity index (χ4n) is 27.9. The van der Waals surface area contributed by atoms with Gasteiger partial charge < -0.3 is 46.2 Å². The average Bonchev–Trinajstić information content (AvgIpc) is 1.40. The average molecular weight is 1770 g/mol. The molecule has 35 heteroatoms. The summed E-state index contributed by atoms with van der Waals surface area (Å²) < 4.78 is 62.6. The van der Waals surface area contributed by atoms with E-state index in [2.05, 4.69) is 157 Å². The third-order valence-corrected chi connectivity index (χ3v) is 33.9. The van der Waals surface area contributed by atoms with Crippen molar-refractivity contribution in [3.05, 3.63) is 109 Å². The number of aromatic amines is 1. The van der Waals surface area contributed by atoms with Gasteiger partial charge in [-0.25, -0.2) is 0 Å². The molecule has 0 unspecified atom stereocenters. The third kappa shape index (κ3) is 13.0. The number of aliphatic hydroxyl groups is 1. The minimum atomic E-state index is -0.544. The van der Waals surface area contributed by atoms with Crippen LogP contribution in [0.5, 0.6) is 0 Å². The number of hydrogen-bond donors (Lipinski definition) is 2. The number of aliphatic hydroxyl groups excluding tert-OH is 1. The molecule has 11 aromatic rings. The Morgan fingerprint density at radius 3 is 1.10 bits per heavy atom. The molecule has 4 saturated carbocycles. The second kappa shape index (κ2) is 30.3. The molecule has 13 heterocycles. The van der Waals surface area contributed by atoms with Gasteiger partial charge in [-0.15, -0.1) is 51.0 Å². The Hall–Kier alpha value is -10.4. The largest absolute Gasteiger partial charge is 0.515 e. The lowest BCUT2D eigenvalue weighted by molar-refractivity contribution is -0.276. The van der Waals surface area contributed by atoms with E-state index < -0.39 is 17.0 Å². The number of rotatable bonds is 5. The topological polar surface area (TPSA) is 417 Å². The van der Waals surface area contributed by atoms with Gasteiger partial charge in [-0.3, -0.25) is 33.0 Å². The van der Waals surface area contributed by atoms with Crippen LogP contribution in [0.25, 0.3) is 57.9 Å². The van der Waals surface area contributed by atoms with Crippen molar-refractivity contribution in [3.8, 4) is 57.9 Å². The van der Waals surface area contributed by atoms with E-state index in [1.54, 1.807) is 18.5 Å². The zero-order valence-electron chi connectivity index (χ0n) is 79.4. The Morgan fingerprint density at radius 1 is 0.395 bits per heavy atom. The number of tetrazole rings is 1. The van der Waals surface area contributed by atoms with E-state index in [0.29, 0.717) is 127 Å². The second-order valence-electron chi connectivity index (χ2n) is 42.7. The van der Waals surface area contributed by atoms with Crippen LogP contribution >= 0.6 is 0 Å². The molecule has 2 spiro atoms. The standard InChI is InChI=1S/C20H28N4O3.C19H23N5O2.C19H24N4O3.C18H26N6O2.C18H24N4O2/c1-12-21-22-17(27-12)15-13-6-7-14-18(2,3)20(25-10-11-26-20)9-8-19(14,4)16(13)23-24(15)5;1-10-21-22-17(25-10)14-12-6-7-13-18(2,3)16-11(9-20-26-16)8-19(13,4)15(12)23-24(14)5;1-10-20-21-17(26-10)14-12-6-7-13-18(2,3)16(25)11(9-24)8-19(13,4)15(12)22-23(14)5;1-16(2)12-6-5-11-13(15-19-22-23-20-15)24(4)21-14(11)17(12,3)7-8-18(16)25-9-10-26-18;1-10-19-20-16(24-10)14-11-6-7-12-17(2,3)13(23)8-9-18(12,4)15(11)21-22(14)5/h14H,6-11H2,1-5H3;9,13H,6-8H2,1-5H3;9,13,24H,6-8H2,1-5H3;12H,5-10H2,1-4H3,(H,19,20,22,23);12H,6-9H2,1-5H3/b;;11-9-;;/t14-,19-;2*13-,19-;12-,17-;12-,18-/m00000/s1. The molecular formula is C94H125N23O12. The van der Waals surface area contributed by atoms with Crippen molar-refractivity contribution in [2.24, 2.45) is 86.5 Å². The van der Waals surface area contributed by atoms with Gasteiger partial charge in [0, 0.05) is 175 Å². The predicted molar refractivity (Wildman–Crippen MR) is 468 cm³/mol. The number of nitrogens with one attached hydrogen (secondary N) is 1. The number of carbonyl (C=O) groups excluding carboxylic acids is 2. The van der Waals surface area contributed by atoms with Crippen LogP contribution in [0.15, 0.2) is 40.2 Å². The van der Waals surface area contributed by atoms with Gasteiger partial charge in [-0.05, 0) is 131 Å². The Labute approximate surface area is 750 Å². The lowest BCUT2D eigenvalue weighted by Gasteiger charge is -2.59. The van der Waals surface area contributed by atoms with E-state index in [1.165, 1.54) is 39.2 Å². The van der Waals surface area contributed by atoms with Crippen LogP contribution < -0.4 is 0 Å². The molecule has 0 amide bonds. The molecule has 129 heavy (non-hydrogen) atoms. The summed E-state index contributed by atoms with van der Waals surface area (Å²) in [4.78, 5) is 25.3. The molecule has 6 fully saturated rings. The lowest BCUT2D eigenvalue weighted by atomic mass is 9.49. The second-order valence-corrected chi connectivity index (χ2v) is 42.7. The van der Waals surface area contributed by atoms with Crippen LogP contribution in [-0.4, -0.2) is 170 Å². The summed E-state index contributed by atoms with van der Waals surface area (Å²) in [5.74, 6) is 7.37. The van der Waals surface area contributed by atoms with Gasteiger partial charge in [-0.1, -0.05) is 109 Å². The van der Waals surface area contributed by atoms with Crippen molar-refractivity contribution < 1.29 is 55.8 Å². The minimum absolute atomic E-state index is 0.00259. The molecule has 0 aromatic carbocycles. The Kier molecular flexibility index (Phi) is 20.7. The van der Waals surface area contributed by atoms with Crippen molar-refractivity contribution >= 4 is 11.6 Å². The van der Waals surface area contributed by atoms with E-state index in [1.807, 2.05) is 87.9 Å². The van der Waals surface area contributed by atoms with Gasteiger partial charge in [0.2, 0.25) is 29.4 Å². The number of carbonyl (C=O) groups is 2. The van der Waals surface area contributed by atoms with Gasteiger partial charge in [0.05, 0.1) is 67.4 Å². The fraction of sp³-hybridized carbons (Fsp3) is 0.670. The number of ketones is 2. The van der Waals surface area contributed by atoms with Gasteiger partial charge in [-0.2, -0.15) is 30.7 Å². The maximum Gasteiger partial charge on any atom is 0.266 e. The summed E-state index contributed by atoms with van der Waals surface area (Å²) in [6.45, 7) is 43.5. The van der Waals surface area contributed by atoms with E-state index >= 15 is 0 Å². The number of nitrogens with zero attached hydrogens (tertiary/aromatic N) is 22. The Bertz CT molecular complexity index is 6230. The minimum Gasteiger partial charge on any atom is -0.515 e. The number of ether oxygens (including phenoxy) is 4. The molecule has 23 rings (SSSR count). The number of aryl methyl sites for hydroxylation is 9. The van der Waals surface area contributed by atoms with Crippen LogP contribution in [0.4, 0.5) is 0 Å². The summed E-state index contributed by atoms with van der Waals surface area (Å²) >= 11 is 0. The molecule has 12 aliphatic rings. The van der Waals surface area contributed by atoms with E-state index in [0.717, 1.165) is 166 Å². The quantitative estimate of drug-likeness (QED) is 0.119. The van der Waals surface area contributed by atoms with Crippen LogP contribution in [-0.2, 0) is 135 Å². The van der Waals surface area contributed by atoms with E-state index in [9.17, 15) is 14.7 Å². The van der Waals surface area contributed by atoms with E-state index in [-0.39, 0.29) is 60.4 Å². The van der Waals surface area contributed by atoms with Crippen molar-refractivity contribution in [1.82, 2.24) is 115 Å². The maximum absolute atomic E-state index is 12.8.